The highest BCUT2D eigenvalue weighted by Gasteiger charge is 2.01. The average molecular weight is 295 g/mol. The molecular weight excluding hydrogens is 278 g/mol. The van der Waals surface area contributed by atoms with Gasteiger partial charge in [0, 0.05) is 11.4 Å². The molecule has 3 rings (SSSR count). The maximum atomic E-state index is 5.43. The van der Waals surface area contributed by atoms with Crippen LogP contribution in [0.5, 0.6) is 0 Å². The van der Waals surface area contributed by atoms with E-state index in [-0.39, 0.29) is 11.9 Å². The molecule has 7 N–H and O–H groups in total. The lowest BCUT2D eigenvalue weighted by molar-refractivity contribution is 1.08. The van der Waals surface area contributed by atoms with Gasteiger partial charge in [0.2, 0.25) is 17.8 Å². The second kappa shape index (κ2) is 7.44. The molecule has 112 valence electrons. The molecule has 1 aromatic heterocycles. The molecule has 0 aliphatic heterocycles. The fourth-order valence-electron chi connectivity index (χ4n) is 1.57. The molecular formula is C15H17N7. The molecule has 2 aromatic carbocycles. The highest BCUT2D eigenvalue weighted by molar-refractivity contribution is 5.54. The first-order chi connectivity index (χ1) is 10.6. The van der Waals surface area contributed by atoms with Crippen LogP contribution in [0.1, 0.15) is 0 Å². The van der Waals surface area contributed by atoms with Crippen molar-refractivity contribution in [3.8, 4) is 0 Å². The largest absolute Gasteiger partial charge is 0.399 e. The smallest absolute Gasteiger partial charge is 0.233 e. The van der Waals surface area contributed by atoms with Crippen LogP contribution in [0.4, 0.5) is 29.2 Å². The first-order valence-electron chi connectivity index (χ1n) is 6.53. The number of nitrogens with zero attached hydrogens (tertiary/aromatic N) is 3. The van der Waals surface area contributed by atoms with Gasteiger partial charge in [0.1, 0.15) is 0 Å². The van der Waals surface area contributed by atoms with E-state index < -0.39 is 0 Å². The number of para-hydroxylation sites is 2. The minimum Gasteiger partial charge on any atom is -0.399 e. The molecule has 0 aliphatic rings. The fraction of sp³-hybridized carbons (Fsp3) is 0. The third-order valence-corrected chi connectivity index (χ3v) is 2.50. The zero-order valence-electron chi connectivity index (χ0n) is 11.8. The average Bonchev–Trinajstić information content (AvgIpc) is 2.48. The van der Waals surface area contributed by atoms with Crippen molar-refractivity contribution in [1.29, 1.82) is 0 Å². The van der Waals surface area contributed by atoms with Crippen molar-refractivity contribution in [3.63, 3.8) is 0 Å². The molecule has 0 unspecified atom stereocenters. The van der Waals surface area contributed by atoms with Crippen LogP contribution in [0.2, 0.25) is 0 Å². The Morgan fingerprint density at radius 1 is 0.636 bits per heavy atom. The summed E-state index contributed by atoms with van der Waals surface area (Å²) in [5, 5.41) is 2.96. The third-order valence-electron chi connectivity index (χ3n) is 2.50. The van der Waals surface area contributed by atoms with E-state index in [4.69, 9.17) is 17.2 Å². The van der Waals surface area contributed by atoms with Crippen molar-refractivity contribution in [3.05, 3.63) is 60.7 Å². The number of nitrogen functional groups attached to an aromatic ring is 3. The lowest BCUT2D eigenvalue weighted by Gasteiger charge is -2.04. The summed E-state index contributed by atoms with van der Waals surface area (Å²) in [7, 11) is 0. The highest BCUT2D eigenvalue weighted by atomic mass is 15.2. The Morgan fingerprint density at radius 2 is 1.14 bits per heavy atom. The van der Waals surface area contributed by atoms with Crippen LogP contribution in [0.25, 0.3) is 0 Å². The lowest BCUT2D eigenvalue weighted by atomic mass is 10.3. The molecule has 22 heavy (non-hydrogen) atoms. The van der Waals surface area contributed by atoms with Crippen LogP contribution in [-0.2, 0) is 0 Å². The molecule has 0 radical (unpaired) electrons. The third kappa shape index (κ3) is 4.97. The van der Waals surface area contributed by atoms with Crippen LogP contribution < -0.4 is 22.5 Å². The highest BCUT2D eigenvalue weighted by Crippen LogP contribution is 2.12. The van der Waals surface area contributed by atoms with Gasteiger partial charge in [-0.25, -0.2) is 0 Å². The Balaban J connectivity index is 0.000000211. The van der Waals surface area contributed by atoms with Gasteiger partial charge >= 0.3 is 0 Å². The summed E-state index contributed by atoms with van der Waals surface area (Å²) in [6, 6.07) is 19.0. The second-order valence-corrected chi connectivity index (χ2v) is 4.28. The number of benzene rings is 2. The van der Waals surface area contributed by atoms with Gasteiger partial charge in [-0.1, -0.05) is 36.4 Å². The maximum Gasteiger partial charge on any atom is 0.233 e. The van der Waals surface area contributed by atoms with E-state index in [1.54, 1.807) is 0 Å². The summed E-state index contributed by atoms with van der Waals surface area (Å²) in [5.74, 6) is 0.535. The molecule has 0 spiro atoms. The molecule has 0 saturated heterocycles. The minimum absolute atomic E-state index is 0.0981. The van der Waals surface area contributed by atoms with E-state index in [1.807, 2.05) is 60.7 Å². The summed E-state index contributed by atoms with van der Waals surface area (Å²) in [4.78, 5) is 11.5. The number of anilines is 5. The van der Waals surface area contributed by atoms with Crippen molar-refractivity contribution < 1.29 is 0 Å². The molecule has 7 nitrogen and oxygen atoms in total. The summed E-state index contributed by atoms with van der Waals surface area (Å²) in [6.07, 6.45) is 0. The number of hydrogen-bond acceptors (Lipinski definition) is 7. The van der Waals surface area contributed by atoms with Gasteiger partial charge in [-0.2, -0.15) is 15.0 Å². The van der Waals surface area contributed by atoms with E-state index in [0.29, 0.717) is 5.95 Å². The zero-order chi connectivity index (χ0) is 15.8. The lowest BCUT2D eigenvalue weighted by Crippen LogP contribution is -2.06. The number of hydrogen-bond donors (Lipinski definition) is 4. The Bertz CT molecular complexity index is 681. The number of rotatable bonds is 2. The predicted molar refractivity (Wildman–Crippen MR) is 89.2 cm³/mol. The molecule has 0 atom stereocenters. The van der Waals surface area contributed by atoms with E-state index in [2.05, 4.69) is 20.3 Å². The van der Waals surface area contributed by atoms with Gasteiger partial charge in [-0.15, -0.1) is 0 Å². The van der Waals surface area contributed by atoms with Crippen molar-refractivity contribution in [2.75, 3.05) is 22.5 Å². The predicted octanol–water partition coefficient (Wildman–Crippen LogP) is 2.05. The second-order valence-electron chi connectivity index (χ2n) is 4.28. The first kappa shape index (κ1) is 15.0. The van der Waals surface area contributed by atoms with Crippen molar-refractivity contribution in [1.82, 2.24) is 15.0 Å². The van der Waals surface area contributed by atoms with Crippen LogP contribution in [0.3, 0.4) is 0 Å². The van der Waals surface area contributed by atoms with E-state index in [1.165, 1.54) is 0 Å². The fourth-order valence-corrected chi connectivity index (χ4v) is 1.57. The van der Waals surface area contributed by atoms with Crippen LogP contribution in [0, 0.1) is 0 Å². The first-order valence-corrected chi connectivity index (χ1v) is 6.53. The van der Waals surface area contributed by atoms with Crippen molar-refractivity contribution >= 4 is 29.2 Å². The quantitative estimate of drug-likeness (QED) is 0.532. The van der Waals surface area contributed by atoms with Crippen LogP contribution in [-0.4, -0.2) is 15.0 Å². The van der Waals surface area contributed by atoms with Crippen molar-refractivity contribution in [2.24, 2.45) is 0 Å². The number of aromatic nitrogens is 3. The topological polar surface area (TPSA) is 129 Å². The SMILES string of the molecule is Nc1ccccc1.Nc1nc(N)nc(Nc2ccccc2)n1. The molecule has 0 aliphatic carbocycles. The number of nitrogens with one attached hydrogen (secondary N) is 1. The zero-order valence-corrected chi connectivity index (χ0v) is 11.8. The molecule has 1 heterocycles. The van der Waals surface area contributed by atoms with Crippen molar-refractivity contribution in [2.45, 2.75) is 0 Å². The van der Waals surface area contributed by atoms with Gasteiger partial charge in [0.15, 0.2) is 0 Å². The molecule has 0 fully saturated rings. The van der Waals surface area contributed by atoms with Gasteiger partial charge in [-0.05, 0) is 24.3 Å². The van der Waals surface area contributed by atoms with Crippen LogP contribution >= 0.6 is 0 Å². The molecule has 3 aromatic rings. The standard InChI is InChI=1S/C9H10N6.C6H7N/c10-7-13-8(11)15-9(14-7)12-6-4-2-1-3-5-6;7-6-4-2-1-3-5-6/h1-5H,(H5,10,11,12,13,14,15);1-5H,7H2. The minimum atomic E-state index is 0.0981. The Hall–Kier alpha value is -3.35. The number of nitrogens with two attached hydrogens (primary N) is 3. The molecule has 0 bridgehead atoms. The van der Waals surface area contributed by atoms with Gasteiger partial charge in [0.05, 0.1) is 0 Å². The Morgan fingerprint density at radius 3 is 1.59 bits per heavy atom. The van der Waals surface area contributed by atoms with Crippen LogP contribution in [0.15, 0.2) is 60.7 Å². The summed E-state index contributed by atoms with van der Waals surface area (Å²) >= 11 is 0. The van der Waals surface area contributed by atoms with E-state index >= 15 is 0 Å². The van der Waals surface area contributed by atoms with Gasteiger partial charge < -0.3 is 22.5 Å². The van der Waals surface area contributed by atoms with Gasteiger partial charge in [0.25, 0.3) is 0 Å². The molecule has 0 amide bonds. The van der Waals surface area contributed by atoms with E-state index in [9.17, 15) is 0 Å². The van der Waals surface area contributed by atoms with Gasteiger partial charge in [-0.3, -0.25) is 0 Å². The normalized spacial score (nSPS) is 9.45. The molecule has 0 saturated carbocycles. The Labute approximate surface area is 128 Å². The summed E-state index contributed by atoms with van der Waals surface area (Å²) in [6.45, 7) is 0. The molecule has 7 heteroatoms. The monoisotopic (exact) mass is 295 g/mol. The van der Waals surface area contributed by atoms with E-state index in [0.717, 1.165) is 11.4 Å². The summed E-state index contributed by atoms with van der Waals surface area (Å²) < 4.78 is 0. The maximum absolute atomic E-state index is 5.43. The summed E-state index contributed by atoms with van der Waals surface area (Å²) in [5.41, 5.74) is 17.9. The Kier molecular flexibility index (Phi) is 5.09.